The Labute approximate surface area is 189 Å². The van der Waals surface area contributed by atoms with Gasteiger partial charge in [-0.25, -0.2) is 0 Å². The smallest absolute Gasteiger partial charge is 0.357 e. The number of rotatable bonds is 4. The molecule has 2 heterocycles. The van der Waals surface area contributed by atoms with Crippen LogP contribution in [0.2, 0.25) is 0 Å². The molecule has 0 bridgehead atoms. The predicted octanol–water partition coefficient (Wildman–Crippen LogP) is -3.87. The Hall–Kier alpha value is -1.82. The van der Waals surface area contributed by atoms with Gasteiger partial charge in [-0.15, -0.1) is 0 Å². The Kier molecular flexibility index (Phi) is 6.48. The van der Waals surface area contributed by atoms with E-state index in [1.165, 1.54) is 9.80 Å². The summed E-state index contributed by atoms with van der Waals surface area (Å²) in [7, 11) is 0. The highest BCUT2D eigenvalue weighted by Gasteiger charge is 2.31. The molecule has 144 valence electrons. The second-order valence-electron chi connectivity index (χ2n) is 6.29. The number of nitrogens with zero attached hydrogens (tertiary/aromatic N) is 2. The molecule has 4 amide bonds. The molecule has 0 unspecified atom stereocenters. The van der Waals surface area contributed by atoms with Crippen molar-refractivity contribution in [2.45, 2.75) is 25.7 Å². The molecular weight excluding hydrogens is 586 g/mol. The van der Waals surface area contributed by atoms with Crippen LogP contribution in [0.4, 0.5) is 11.4 Å². The number of benzene rings is 2. The number of carbonyl (C=O) groups is 4. The van der Waals surface area contributed by atoms with Gasteiger partial charge in [-0.2, -0.15) is 0 Å². The number of imide groups is 2. The van der Waals surface area contributed by atoms with Gasteiger partial charge < -0.3 is 24.0 Å². The lowest BCUT2D eigenvalue weighted by molar-refractivity contribution is -0.597. The lowest BCUT2D eigenvalue weighted by Crippen LogP contribution is -3.61. The van der Waals surface area contributed by atoms with E-state index in [2.05, 4.69) is 0 Å². The third-order valence-electron chi connectivity index (χ3n) is 4.49. The normalized spacial score (nSPS) is 16.7. The lowest BCUT2D eigenvalue weighted by atomic mass is 10.3. The zero-order chi connectivity index (χ0) is 19.0. The van der Waals surface area contributed by atoms with E-state index in [0.717, 1.165) is 7.14 Å². The van der Waals surface area contributed by atoms with Gasteiger partial charge in [0.2, 0.25) is 23.6 Å². The molecule has 2 aromatic carbocycles. The molecule has 2 aromatic rings. The van der Waals surface area contributed by atoms with Crippen molar-refractivity contribution in [3.8, 4) is 0 Å². The van der Waals surface area contributed by atoms with Gasteiger partial charge in [-0.3, -0.25) is 29.0 Å². The molecule has 6 nitrogen and oxygen atoms in total. The molecule has 4 rings (SSSR count). The standard InChI is InChI=1S/C20H16IN2O4.HI/c24-17-9-10-18(25)22(17)15-5-1-13(2-6-15)21-14-3-7-16(8-4-14)23-19(26)11-12-20(23)27;/h1-8H,9-12H2;1H/q+1;/p-1. The highest BCUT2D eigenvalue weighted by Crippen LogP contribution is 2.22. The van der Waals surface area contributed by atoms with Crippen LogP contribution in [0.5, 0.6) is 0 Å². The number of carbonyl (C=O) groups excluding carboxylic acids is 4. The summed E-state index contributed by atoms with van der Waals surface area (Å²) in [5.74, 6) is -0.596. The van der Waals surface area contributed by atoms with Gasteiger partial charge in [0, 0.05) is 25.7 Å². The van der Waals surface area contributed by atoms with Gasteiger partial charge in [0.25, 0.3) is 0 Å². The third kappa shape index (κ3) is 4.12. The van der Waals surface area contributed by atoms with Crippen LogP contribution in [0.15, 0.2) is 48.5 Å². The van der Waals surface area contributed by atoms with Gasteiger partial charge in [-0.1, -0.05) is 0 Å². The maximum Gasteiger partial charge on any atom is 0.357 e. The van der Waals surface area contributed by atoms with E-state index in [4.69, 9.17) is 0 Å². The maximum absolute atomic E-state index is 11.8. The molecule has 2 saturated heterocycles. The molecule has 0 radical (unpaired) electrons. The number of hydrogen-bond donors (Lipinski definition) is 0. The van der Waals surface area contributed by atoms with Gasteiger partial charge >= 0.3 is 21.2 Å². The summed E-state index contributed by atoms with van der Waals surface area (Å²) in [4.78, 5) is 49.7. The van der Waals surface area contributed by atoms with E-state index < -0.39 is 21.2 Å². The Bertz CT molecular complexity index is 832. The molecular formula is C20H16I2N2O4. The molecule has 28 heavy (non-hydrogen) atoms. The Morgan fingerprint density at radius 1 is 0.536 bits per heavy atom. The first-order valence-corrected chi connectivity index (χ1v) is 10.8. The predicted molar refractivity (Wildman–Crippen MR) is 93.7 cm³/mol. The van der Waals surface area contributed by atoms with Crippen LogP contribution in [0.25, 0.3) is 0 Å². The SMILES string of the molecule is O=C1CCC(=O)N1c1ccc([I+]c2ccc(N3C(=O)CCC3=O)cc2)cc1.[I-]. The Balaban J connectivity index is 0.00000225. The van der Waals surface area contributed by atoms with E-state index in [0.29, 0.717) is 11.4 Å². The zero-order valence-electron chi connectivity index (χ0n) is 14.7. The first-order chi connectivity index (χ1) is 13.0. The van der Waals surface area contributed by atoms with Crippen LogP contribution in [0.3, 0.4) is 0 Å². The molecule has 0 saturated carbocycles. The number of halogens is 2. The maximum atomic E-state index is 11.8. The van der Waals surface area contributed by atoms with E-state index in [9.17, 15) is 19.2 Å². The van der Waals surface area contributed by atoms with Crippen molar-refractivity contribution < 1.29 is 64.4 Å². The van der Waals surface area contributed by atoms with Crippen molar-refractivity contribution in [1.82, 2.24) is 0 Å². The van der Waals surface area contributed by atoms with Crippen molar-refractivity contribution in [3.05, 3.63) is 55.7 Å². The second-order valence-corrected chi connectivity index (χ2v) is 9.32. The monoisotopic (exact) mass is 602 g/mol. The van der Waals surface area contributed by atoms with E-state index >= 15 is 0 Å². The Morgan fingerprint density at radius 3 is 1.11 bits per heavy atom. The quantitative estimate of drug-likeness (QED) is 0.266. The van der Waals surface area contributed by atoms with Crippen LogP contribution in [-0.2, 0) is 19.2 Å². The topological polar surface area (TPSA) is 74.8 Å². The minimum absolute atomic E-state index is 0. The number of amides is 4. The van der Waals surface area contributed by atoms with Gasteiger partial charge in [-0.05, 0) is 48.5 Å². The second kappa shape index (κ2) is 8.68. The fourth-order valence-corrected chi connectivity index (χ4v) is 5.32. The lowest BCUT2D eigenvalue weighted by Gasteiger charge is -2.13. The van der Waals surface area contributed by atoms with Gasteiger partial charge in [0.1, 0.15) is 0 Å². The van der Waals surface area contributed by atoms with E-state index in [1.54, 1.807) is 0 Å². The van der Waals surface area contributed by atoms with Crippen LogP contribution >= 0.6 is 0 Å². The fraction of sp³-hybridized carbons (Fsp3) is 0.200. The average Bonchev–Trinajstić information content (AvgIpc) is 3.18. The number of anilines is 2. The van der Waals surface area contributed by atoms with Crippen LogP contribution < -0.4 is 55.0 Å². The minimum atomic E-state index is -0.445. The summed E-state index contributed by atoms with van der Waals surface area (Å²) in [5.41, 5.74) is 1.24. The molecule has 0 aliphatic carbocycles. The molecule has 0 N–H and O–H groups in total. The van der Waals surface area contributed by atoms with Crippen LogP contribution in [0.1, 0.15) is 25.7 Å². The largest absolute Gasteiger partial charge is 1.00 e. The molecule has 0 aromatic heterocycles. The molecule has 0 spiro atoms. The fourth-order valence-electron chi connectivity index (χ4n) is 3.16. The van der Waals surface area contributed by atoms with Crippen molar-refractivity contribution in [2.24, 2.45) is 0 Å². The first kappa shape index (κ1) is 20.9. The van der Waals surface area contributed by atoms with Crippen molar-refractivity contribution >= 4 is 35.0 Å². The summed E-state index contributed by atoms with van der Waals surface area (Å²) >= 11 is -0.445. The zero-order valence-corrected chi connectivity index (χ0v) is 19.0. The van der Waals surface area contributed by atoms with Crippen LogP contribution in [0, 0.1) is 7.14 Å². The highest BCUT2D eigenvalue weighted by molar-refractivity contribution is 6.20. The van der Waals surface area contributed by atoms with Crippen molar-refractivity contribution in [2.75, 3.05) is 9.80 Å². The van der Waals surface area contributed by atoms with Gasteiger partial charge in [0.05, 0.1) is 11.4 Å². The molecule has 2 fully saturated rings. The first-order valence-electron chi connectivity index (χ1n) is 8.59. The summed E-state index contributed by atoms with van der Waals surface area (Å²) in [5, 5.41) is 0. The summed E-state index contributed by atoms with van der Waals surface area (Å²) in [6.45, 7) is 0. The van der Waals surface area contributed by atoms with Crippen LogP contribution in [-0.4, -0.2) is 23.6 Å². The molecule has 2 aliphatic rings. The average molecular weight is 602 g/mol. The summed E-state index contributed by atoms with van der Waals surface area (Å²) < 4.78 is 2.30. The minimum Gasteiger partial charge on any atom is -1.00 e. The van der Waals surface area contributed by atoms with Crippen molar-refractivity contribution in [3.63, 3.8) is 0 Å². The third-order valence-corrected chi connectivity index (χ3v) is 7.17. The summed E-state index contributed by atoms with van der Waals surface area (Å²) in [6.07, 6.45) is 1.12. The highest BCUT2D eigenvalue weighted by atomic mass is 127. The summed E-state index contributed by atoms with van der Waals surface area (Å²) in [6, 6.07) is 15.0. The molecule has 0 atom stereocenters. The van der Waals surface area contributed by atoms with Gasteiger partial charge in [0.15, 0.2) is 7.14 Å². The number of hydrogen-bond acceptors (Lipinski definition) is 4. The van der Waals surface area contributed by atoms with E-state index in [1.807, 2.05) is 48.5 Å². The van der Waals surface area contributed by atoms with E-state index in [-0.39, 0.29) is 73.3 Å². The van der Waals surface area contributed by atoms with Crippen molar-refractivity contribution in [1.29, 1.82) is 0 Å². The molecule has 8 heteroatoms. The Morgan fingerprint density at radius 2 is 0.821 bits per heavy atom. The molecule has 2 aliphatic heterocycles.